The van der Waals surface area contributed by atoms with Crippen molar-refractivity contribution in [2.75, 3.05) is 6.61 Å². The molecule has 0 saturated carbocycles. The van der Waals surface area contributed by atoms with E-state index in [0.29, 0.717) is 33.4 Å². The monoisotopic (exact) mass is 388 g/mol. The van der Waals surface area contributed by atoms with Gasteiger partial charge in [-0.2, -0.15) is 0 Å². The van der Waals surface area contributed by atoms with Crippen LogP contribution in [-0.4, -0.2) is 22.5 Å². The number of aryl methyl sites for hydroxylation is 1. The molecular formula is C23H20N2O4. The standard InChI is InChI=1S/C23H20N2O4/c1-3-28-23(27)21-20(17-13-24-14(2)19(17)22(26)25-21)16-11-7-8-12-18(16)29-15-9-5-4-6-10-15/h4-13,24H,3H2,1-2H3,(H,25,26). The Bertz CT molecular complexity index is 1240. The van der Waals surface area contributed by atoms with Gasteiger partial charge in [-0.1, -0.05) is 36.4 Å². The highest BCUT2D eigenvalue weighted by molar-refractivity contribution is 6.07. The number of fused-ring (bicyclic) bond motifs is 1. The van der Waals surface area contributed by atoms with Crippen LogP contribution in [0, 0.1) is 6.92 Å². The maximum atomic E-state index is 12.7. The largest absolute Gasteiger partial charge is 0.461 e. The lowest BCUT2D eigenvalue weighted by Crippen LogP contribution is -2.17. The summed E-state index contributed by atoms with van der Waals surface area (Å²) in [5.41, 5.74) is 1.73. The molecule has 2 aromatic heterocycles. The number of H-pyrrole nitrogens is 2. The van der Waals surface area contributed by atoms with Gasteiger partial charge in [-0.05, 0) is 32.0 Å². The molecule has 0 radical (unpaired) electrons. The molecule has 29 heavy (non-hydrogen) atoms. The number of hydrogen-bond acceptors (Lipinski definition) is 4. The van der Waals surface area contributed by atoms with Crippen molar-refractivity contribution in [3.8, 4) is 22.6 Å². The molecule has 0 amide bonds. The number of ether oxygens (including phenoxy) is 2. The molecule has 146 valence electrons. The van der Waals surface area contributed by atoms with Crippen molar-refractivity contribution in [2.24, 2.45) is 0 Å². The van der Waals surface area contributed by atoms with Crippen LogP contribution in [0.5, 0.6) is 11.5 Å². The van der Waals surface area contributed by atoms with Gasteiger partial charge in [-0.15, -0.1) is 0 Å². The van der Waals surface area contributed by atoms with Crippen LogP contribution >= 0.6 is 0 Å². The van der Waals surface area contributed by atoms with Crippen LogP contribution in [0.3, 0.4) is 0 Å². The number of carbonyl (C=O) groups excluding carboxylic acids is 1. The second kappa shape index (κ2) is 7.67. The van der Waals surface area contributed by atoms with Crippen LogP contribution < -0.4 is 10.3 Å². The highest BCUT2D eigenvalue weighted by Crippen LogP contribution is 2.38. The summed E-state index contributed by atoms with van der Waals surface area (Å²) in [4.78, 5) is 31.1. The van der Waals surface area contributed by atoms with E-state index in [1.165, 1.54) is 0 Å². The lowest BCUT2D eigenvalue weighted by molar-refractivity contribution is 0.0520. The fourth-order valence-corrected chi connectivity index (χ4v) is 3.40. The normalized spacial score (nSPS) is 10.8. The number of hydrogen-bond donors (Lipinski definition) is 2. The van der Waals surface area contributed by atoms with E-state index in [2.05, 4.69) is 9.97 Å². The van der Waals surface area contributed by atoms with E-state index < -0.39 is 5.97 Å². The first-order chi connectivity index (χ1) is 14.1. The van der Waals surface area contributed by atoms with Crippen molar-refractivity contribution < 1.29 is 14.3 Å². The number of nitrogens with one attached hydrogen (secondary N) is 2. The molecule has 4 rings (SSSR count). The quantitative estimate of drug-likeness (QED) is 0.481. The van der Waals surface area contributed by atoms with Crippen molar-refractivity contribution in [3.63, 3.8) is 0 Å². The Morgan fingerprint density at radius 3 is 2.52 bits per heavy atom. The van der Waals surface area contributed by atoms with Gasteiger partial charge >= 0.3 is 5.97 Å². The molecule has 2 N–H and O–H groups in total. The molecule has 0 saturated heterocycles. The molecule has 0 bridgehead atoms. The summed E-state index contributed by atoms with van der Waals surface area (Å²) in [6.45, 7) is 3.74. The summed E-state index contributed by atoms with van der Waals surface area (Å²) >= 11 is 0. The first kappa shape index (κ1) is 18.6. The average molecular weight is 388 g/mol. The highest BCUT2D eigenvalue weighted by atomic mass is 16.5. The molecular weight excluding hydrogens is 368 g/mol. The van der Waals surface area contributed by atoms with E-state index in [4.69, 9.17) is 9.47 Å². The summed E-state index contributed by atoms with van der Waals surface area (Å²) in [6, 6.07) is 16.8. The van der Waals surface area contributed by atoms with E-state index in [1.54, 1.807) is 13.1 Å². The third kappa shape index (κ3) is 3.40. The Labute approximate surface area is 167 Å². The van der Waals surface area contributed by atoms with E-state index in [1.807, 2.05) is 61.5 Å². The molecule has 2 aromatic carbocycles. The second-order valence-electron chi connectivity index (χ2n) is 6.54. The minimum Gasteiger partial charge on any atom is -0.461 e. The molecule has 6 nitrogen and oxygen atoms in total. The molecule has 0 aliphatic rings. The lowest BCUT2D eigenvalue weighted by Gasteiger charge is -2.15. The van der Waals surface area contributed by atoms with E-state index in [0.717, 1.165) is 5.69 Å². The summed E-state index contributed by atoms with van der Waals surface area (Å²) in [5.74, 6) is 0.648. The van der Waals surface area contributed by atoms with Gasteiger partial charge in [0, 0.05) is 28.4 Å². The first-order valence-electron chi connectivity index (χ1n) is 9.33. The molecule has 0 aliphatic heterocycles. The smallest absolute Gasteiger partial charge is 0.355 e. The predicted octanol–water partition coefficient (Wildman–Crippen LogP) is 4.80. The highest BCUT2D eigenvalue weighted by Gasteiger charge is 2.23. The van der Waals surface area contributed by atoms with Gasteiger partial charge < -0.3 is 19.4 Å². The Morgan fingerprint density at radius 2 is 1.76 bits per heavy atom. The number of pyridine rings is 1. The number of benzene rings is 2. The van der Waals surface area contributed by atoms with Crippen molar-refractivity contribution in [2.45, 2.75) is 13.8 Å². The first-order valence-corrected chi connectivity index (χ1v) is 9.33. The number of rotatable bonds is 5. The van der Waals surface area contributed by atoms with Crippen molar-refractivity contribution in [1.29, 1.82) is 0 Å². The average Bonchev–Trinajstić information content (AvgIpc) is 3.12. The predicted molar refractivity (Wildman–Crippen MR) is 112 cm³/mol. The van der Waals surface area contributed by atoms with Gasteiger partial charge in [-0.25, -0.2) is 4.79 Å². The molecule has 0 atom stereocenters. The molecule has 4 aromatic rings. The van der Waals surface area contributed by atoms with Crippen LogP contribution in [0.25, 0.3) is 21.9 Å². The summed E-state index contributed by atoms with van der Waals surface area (Å²) < 4.78 is 11.3. The zero-order valence-electron chi connectivity index (χ0n) is 16.1. The molecule has 0 unspecified atom stereocenters. The lowest BCUT2D eigenvalue weighted by atomic mass is 9.98. The van der Waals surface area contributed by atoms with Crippen molar-refractivity contribution >= 4 is 16.7 Å². The number of aromatic nitrogens is 2. The number of carbonyl (C=O) groups is 1. The van der Waals surface area contributed by atoms with Crippen LogP contribution in [0.2, 0.25) is 0 Å². The van der Waals surface area contributed by atoms with E-state index in [-0.39, 0.29) is 17.9 Å². The summed E-state index contributed by atoms with van der Waals surface area (Å²) in [5, 5.41) is 1.14. The van der Waals surface area contributed by atoms with E-state index in [9.17, 15) is 9.59 Å². The zero-order valence-corrected chi connectivity index (χ0v) is 16.1. The topological polar surface area (TPSA) is 84.2 Å². The number of para-hydroxylation sites is 2. The van der Waals surface area contributed by atoms with Gasteiger partial charge in [0.1, 0.15) is 17.2 Å². The molecule has 0 fully saturated rings. The Hall–Kier alpha value is -3.80. The van der Waals surface area contributed by atoms with Crippen LogP contribution in [0.4, 0.5) is 0 Å². The number of aromatic amines is 2. The third-order valence-electron chi connectivity index (χ3n) is 4.67. The summed E-state index contributed by atoms with van der Waals surface area (Å²) in [6.07, 6.45) is 1.73. The van der Waals surface area contributed by atoms with Crippen LogP contribution in [-0.2, 0) is 4.74 Å². The summed E-state index contributed by atoms with van der Waals surface area (Å²) in [7, 11) is 0. The fourth-order valence-electron chi connectivity index (χ4n) is 3.40. The Balaban J connectivity index is 1.99. The van der Waals surface area contributed by atoms with Gasteiger partial charge in [0.25, 0.3) is 5.56 Å². The van der Waals surface area contributed by atoms with Crippen molar-refractivity contribution in [1.82, 2.24) is 9.97 Å². The SMILES string of the molecule is CCOC(=O)c1[nH]c(=O)c2c(C)[nH]cc2c1-c1ccccc1Oc1ccccc1. The van der Waals surface area contributed by atoms with Crippen LogP contribution in [0.15, 0.2) is 65.6 Å². The number of esters is 1. The maximum absolute atomic E-state index is 12.7. The minimum absolute atomic E-state index is 0.104. The second-order valence-corrected chi connectivity index (χ2v) is 6.54. The Morgan fingerprint density at radius 1 is 1.03 bits per heavy atom. The fraction of sp³-hybridized carbons (Fsp3) is 0.130. The van der Waals surface area contributed by atoms with Gasteiger partial charge in [0.2, 0.25) is 0 Å². The molecule has 0 aliphatic carbocycles. The molecule has 6 heteroatoms. The maximum Gasteiger partial charge on any atom is 0.355 e. The van der Waals surface area contributed by atoms with Crippen molar-refractivity contribution in [3.05, 3.63) is 82.5 Å². The van der Waals surface area contributed by atoms with Gasteiger partial charge in [0.15, 0.2) is 0 Å². The van der Waals surface area contributed by atoms with Gasteiger partial charge in [-0.3, -0.25) is 4.79 Å². The third-order valence-corrected chi connectivity index (χ3v) is 4.67. The minimum atomic E-state index is -0.588. The zero-order chi connectivity index (χ0) is 20.4. The van der Waals surface area contributed by atoms with E-state index >= 15 is 0 Å². The Kier molecular flexibility index (Phi) is 4.91. The van der Waals surface area contributed by atoms with Crippen LogP contribution in [0.1, 0.15) is 23.1 Å². The molecule has 0 spiro atoms. The van der Waals surface area contributed by atoms with Gasteiger partial charge in [0.05, 0.1) is 12.0 Å². The molecule has 2 heterocycles.